The maximum Gasteiger partial charge on any atom is 0.418 e. The molecule has 1 atom stereocenters. The lowest BCUT2D eigenvalue weighted by Gasteiger charge is -2.27. The number of aromatic nitrogens is 2. The number of carbonyl (C=O) groups is 2. The third-order valence-corrected chi connectivity index (χ3v) is 5.73. The molecule has 1 fully saturated rings. The van der Waals surface area contributed by atoms with Crippen LogP contribution in [0.15, 0.2) is 48.9 Å². The van der Waals surface area contributed by atoms with Crippen molar-refractivity contribution in [3.63, 3.8) is 0 Å². The van der Waals surface area contributed by atoms with E-state index in [1.807, 2.05) is 0 Å². The molecule has 4 rings (SSSR count). The average Bonchev–Trinajstić information content (AvgIpc) is 3.33. The number of hydrogen-bond acceptors (Lipinski definition) is 7. The number of alkyl halides is 3. The normalized spacial score (nSPS) is 17.2. The summed E-state index contributed by atoms with van der Waals surface area (Å²) in [4.78, 5) is 33.4. The fraction of sp³-hybridized carbons (Fsp3) is 0.250. The van der Waals surface area contributed by atoms with Crippen molar-refractivity contribution in [2.45, 2.75) is 24.7 Å². The number of nitrogen functional groups attached to an aromatic ring is 1. The number of pyridine rings is 2. The molecule has 1 saturated heterocycles. The highest BCUT2D eigenvalue weighted by molar-refractivity contribution is 5.99. The number of nitrogens with two attached hydrogens (primary N) is 1. The van der Waals surface area contributed by atoms with E-state index in [2.05, 4.69) is 25.9 Å². The van der Waals surface area contributed by atoms with Gasteiger partial charge in [0.2, 0.25) is 5.91 Å². The molecule has 0 saturated carbocycles. The zero-order chi connectivity index (χ0) is 27.5. The summed E-state index contributed by atoms with van der Waals surface area (Å²) in [7, 11) is 0. The summed E-state index contributed by atoms with van der Waals surface area (Å²) in [5.41, 5.74) is 2.51. The van der Waals surface area contributed by atoms with Crippen LogP contribution in [0.2, 0.25) is 0 Å². The number of hydrogen-bond donors (Lipinski definition) is 4. The van der Waals surface area contributed by atoms with Crippen LogP contribution in [0.1, 0.15) is 28.0 Å². The zero-order valence-electron chi connectivity index (χ0n) is 19.5. The van der Waals surface area contributed by atoms with Crippen LogP contribution in [0.25, 0.3) is 0 Å². The van der Waals surface area contributed by atoms with Gasteiger partial charge in [0.15, 0.2) is 0 Å². The number of halogens is 5. The van der Waals surface area contributed by atoms with Crippen LogP contribution < -0.4 is 21.7 Å². The predicted octanol–water partition coefficient (Wildman–Crippen LogP) is 3.30. The molecule has 0 spiro atoms. The van der Waals surface area contributed by atoms with E-state index in [1.54, 1.807) is 0 Å². The summed E-state index contributed by atoms with van der Waals surface area (Å²) in [6.07, 6.45) is -0.990. The number of nitrogens with one attached hydrogen (secondary N) is 3. The summed E-state index contributed by atoms with van der Waals surface area (Å²) in [5, 5.41) is 7.51. The summed E-state index contributed by atoms with van der Waals surface area (Å²) in [6.45, 7) is -0.315. The van der Waals surface area contributed by atoms with Crippen LogP contribution in [0.4, 0.5) is 39.0 Å². The van der Waals surface area contributed by atoms with E-state index < -0.39 is 46.4 Å². The van der Waals surface area contributed by atoms with Crippen LogP contribution in [-0.4, -0.2) is 40.5 Å². The molecule has 0 aliphatic carbocycles. The number of benzene rings is 1. The monoisotopic (exact) mass is 536 g/mol. The maximum atomic E-state index is 14.7. The minimum absolute atomic E-state index is 0.127. The Balaban J connectivity index is 1.44. The van der Waals surface area contributed by atoms with Crippen molar-refractivity contribution in [1.29, 1.82) is 0 Å². The summed E-state index contributed by atoms with van der Waals surface area (Å²) >= 11 is 0. The second kappa shape index (κ2) is 10.6. The molecule has 1 aliphatic rings. The van der Waals surface area contributed by atoms with Gasteiger partial charge in [-0.15, -0.1) is 0 Å². The highest BCUT2D eigenvalue weighted by atomic mass is 19.4. The first-order valence-electron chi connectivity index (χ1n) is 11.1. The van der Waals surface area contributed by atoms with Crippen molar-refractivity contribution < 1.29 is 36.3 Å². The third kappa shape index (κ3) is 5.96. The Morgan fingerprint density at radius 3 is 2.55 bits per heavy atom. The van der Waals surface area contributed by atoms with E-state index >= 15 is 0 Å². The van der Waals surface area contributed by atoms with Gasteiger partial charge in [0.25, 0.3) is 5.91 Å². The highest BCUT2D eigenvalue weighted by Gasteiger charge is 2.44. The molecule has 0 bridgehead atoms. The first kappa shape index (κ1) is 26.7. The van der Waals surface area contributed by atoms with Crippen molar-refractivity contribution in [2.24, 2.45) is 0 Å². The first-order valence-corrected chi connectivity index (χ1v) is 11.1. The van der Waals surface area contributed by atoms with E-state index in [4.69, 9.17) is 10.5 Å². The number of anilines is 3. The number of nitrogens with zero attached hydrogens (tertiary/aromatic N) is 2. The van der Waals surface area contributed by atoms with Crippen molar-refractivity contribution in [3.8, 4) is 0 Å². The lowest BCUT2D eigenvalue weighted by Crippen LogP contribution is -2.59. The van der Waals surface area contributed by atoms with Gasteiger partial charge < -0.3 is 26.4 Å². The molecule has 2 aromatic heterocycles. The molecule has 200 valence electrons. The Morgan fingerprint density at radius 2 is 1.89 bits per heavy atom. The molecule has 3 aromatic rings. The van der Waals surface area contributed by atoms with Gasteiger partial charge in [-0.3, -0.25) is 19.6 Å². The number of ether oxygens (including phenoxy) is 1. The van der Waals surface area contributed by atoms with Crippen molar-refractivity contribution in [3.05, 3.63) is 77.4 Å². The van der Waals surface area contributed by atoms with Crippen molar-refractivity contribution in [1.82, 2.24) is 20.6 Å². The molecule has 38 heavy (non-hydrogen) atoms. The highest BCUT2D eigenvalue weighted by Crippen LogP contribution is 2.36. The summed E-state index contributed by atoms with van der Waals surface area (Å²) < 4.78 is 73.0. The molecule has 9 nitrogen and oxygen atoms in total. The largest absolute Gasteiger partial charge is 0.418 e. The standard InChI is InChI=1S/C24H21F5N6O3/c25-14-1-2-19(17(6-14)24(27,28)29)34-16-7-18(26)20(32-10-16)11-33-22(37)23(3-4-38-12-23)35-21(36)13-5-15(30)9-31-8-13/h1-2,5-10,34H,3-4,11-12,30H2,(H,33,37)(H,35,36)/t23-/m0/s1. The van der Waals surface area contributed by atoms with E-state index in [0.717, 1.165) is 24.4 Å². The summed E-state index contributed by atoms with van der Waals surface area (Å²) in [5.74, 6) is -3.25. The van der Waals surface area contributed by atoms with Crippen molar-refractivity contribution in [2.75, 3.05) is 24.3 Å². The van der Waals surface area contributed by atoms with Gasteiger partial charge in [-0.25, -0.2) is 8.78 Å². The Labute approximate surface area is 212 Å². The second-order valence-corrected chi connectivity index (χ2v) is 8.49. The maximum absolute atomic E-state index is 14.7. The smallest absolute Gasteiger partial charge is 0.397 e. The Hall–Kier alpha value is -4.33. The van der Waals surface area contributed by atoms with Gasteiger partial charge in [0.05, 0.1) is 53.2 Å². The van der Waals surface area contributed by atoms with Gasteiger partial charge in [-0.2, -0.15) is 13.2 Å². The number of amides is 2. The van der Waals surface area contributed by atoms with Crippen LogP contribution in [0.3, 0.4) is 0 Å². The molecule has 1 aliphatic heterocycles. The number of carbonyl (C=O) groups excluding carboxylic acids is 2. The van der Waals surface area contributed by atoms with E-state index in [-0.39, 0.29) is 48.8 Å². The van der Waals surface area contributed by atoms with Crippen LogP contribution in [0, 0.1) is 11.6 Å². The molecule has 14 heteroatoms. The first-order chi connectivity index (χ1) is 18.0. The molecule has 0 radical (unpaired) electrons. The Bertz CT molecular complexity index is 1360. The van der Waals surface area contributed by atoms with E-state index in [9.17, 15) is 31.5 Å². The number of rotatable bonds is 7. The van der Waals surface area contributed by atoms with Crippen LogP contribution in [-0.2, 0) is 22.3 Å². The Kier molecular flexibility index (Phi) is 7.44. The quantitative estimate of drug-likeness (QED) is 0.341. The fourth-order valence-electron chi connectivity index (χ4n) is 3.78. The Morgan fingerprint density at radius 1 is 1.11 bits per heavy atom. The van der Waals surface area contributed by atoms with Gasteiger partial charge in [0.1, 0.15) is 17.2 Å². The summed E-state index contributed by atoms with van der Waals surface area (Å²) in [6, 6.07) is 4.31. The van der Waals surface area contributed by atoms with Gasteiger partial charge in [-0.05, 0) is 24.3 Å². The third-order valence-electron chi connectivity index (χ3n) is 5.73. The van der Waals surface area contributed by atoms with Gasteiger partial charge in [-0.1, -0.05) is 0 Å². The fourth-order valence-corrected chi connectivity index (χ4v) is 3.78. The predicted molar refractivity (Wildman–Crippen MR) is 125 cm³/mol. The lowest BCUT2D eigenvalue weighted by molar-refractivity contribution is -0.137. The van der Waals surface area contributed by atoms with E-state index in [1.165, 1.54) is 18.5 Å². The van der Waals surface area contributed by atoms with Gasteiger partial charge >= 0.3 is 6.18 Å². The SMILES string of the molecule is Nc1cncc(C(=O)N[C@@]2(C(=O)NCc3ncc(Nc4ccc(F)cc4C(F)(F)F)cc3F)CCOC2)c1. The molecule has 2 amide bonds. The lowest BCUT2D eigenvalue weighted by atomic mass is 9.96. The van der Waals surface area contributed by atoms with Crippen LogP contribution >= 0.6 is 0 Å². The zero-order valence-corrected chi connectivity index (χ0v) is 19.5. The molecular formula is C24H21F5N6O3. The molecule has 3 heterocycles. The van der Waals surface area contributed by atoms with Crippen LogP contribution in [0.5, 0.6) is 0 Å². The molecular weight excluding hydrogens is 515 g/mol. The average molecular weight is 536 g/mol. The minimum atomic E-state index is -4.85. The topological polar surface area (TPSA) is 131 Å². The second-order valence-electron chi connectivity index (χ2n) is 8.49. The molecule has 1 aromatic carbocycles. The van der Waals surface area contributed by atoms with Gasteiger partial charge in [0, 0.05) is 31.5 Å². The van der Waals surface area contributed by atoms with Crippen molar-refractivity contribution >= 4 is 28.9 Å². The molecule has 0 unspecified atom stereocenters. The van der Waals surface area contributed by atoms with E-state index in [0.29, 0.717) is 6.07 Å². The molecule has 5 N–H and O–H groups in total. The minimum Gasteiger partial charge on any atom is -0.397 e.